The summed E-state index contributed by atoms with van der Waals surface area (Å²) in [6.45, 7) is 17.1. The molecule has 1 aliphatic rings. The molecular formula is C31H43N3O4. The van der Waals surface area contributed by atoms with Gasteiger partial charge < -0.3 is 19.9 Å². The molecule has 2 amide bonds. The van der Waals surface area contributed by atoms with Gasteiger partial charge in [0.2, 0.25) is 11.8 Å². The van der Waals surface area contributed by atoms with Crippen molar-refractivity contribution >= 4 is 23.5 Å². The van der Waals surface area contributed by atoms with Crippen LogP contribution in [0.2, 0.25) is 0 Å². The third kappa shape index (κ3) is 6.62. The Morgan fingerprint density at radius 3 is 2.37 bits per heavy atom. The normalized spacial score (nSPS) is 15.3. The number of nitrogens with zero attached hydrogens (tertiary/aromatic N) is 2. The number of ether oxygens (including phenoxy) is 1. The average Bonchev–Trinajstić information content (AvgIpc) is 2.83. The number of aryl methyl sites for hydroxylation is 1. The fourth-order valence-corrected chi connectivity index (χ4v) is 5.09. The van der Waals surface area contributed by atoms with Gasteiger partial charge in [0.25, 0.3) is 0 Å². The Morgan fingerprint density at radius 2 is 1.76 bits per heavy atom. The highest BCUT2D eigenvalue weighted by molar-refractivity contribution is 5.99. The molecule has 38 heavy (non-hydrogen) atoms. The minimum absolute atomic E-state index is 0.0499. The van der Waals surface area contributed by atoms with E-state index in [-0.39, 0.29) is 17.8 Å². The van der Waals surface area contributed by atoms with E-state index < -0.39 is 11.5 Å². The number of carbonyl (C=O) groups excluding carboxylic acids is 3. The maximum Gasteiger partial charge on any atom is 0.308 e. The van der Waals surface area contributed by atoms with Gasteiger partial charge >= 0.3 is 5.97 Å². The van der Waals surface area contributed by atoms with Crippen molar-refractivity contribution < 1.29 is 19.1 Å². The molecule has 0 aromatic heterocycles. The molecule has 0 unspecified atom stereocenters. The van der Waals surface area contributed by atoms with Gasteiger partial charge in [0.1, 0.15) is 11.8 Å². The quantitative estimate of drug-likeness (QED) is 0.394. The molecule has 206 valence electrons. The zero-order valence-corrected chi connectivity index (χ0v) is 24.4. The van der Waals surface area contributed by atoms with Gasteiger partial charge in [-0.05, 0) is 80.2 Å². The molecule has 0 radical (unpaired) electrons. The summed E-state index contributed by atoms with van der Waals surface area (Å²) in [5.41, 5.74) is 5.82. The second kappa shape index (κ2) is 11.7. The number of amides is 2. The number of fused-ring (bicyclic) bond motifs is 1. The summed E-state index contributed by atoms with van der Waals surface area (Å²) >= 11 is 0. The van der Waals surface area contributed by atoms with Crippen LogP contribution >= 0.6 is 0 Å². The number of hydrogen-bond donors (Lipinski definition) is 1. The summed E-state index contributed by atoms with van der Waals surface area (Å²) in [5, 5.41) is 3.08. The van der Waals surface area contributed by atoms with Crippen molar-refractivity contribution in [3.63, 3.8) is 0 Å². The minimum Gasteiger partial charge on any atom is -0.426 e. The third-order valence-corrected chi connectivity index (χ3v) is 7.19. The lowest BCUT2D eigenvalue weighted by atomic mass is 9.87. The van der Waals surface area contributed by atoms with Crippen molar-refractivity contribution in [3.8, 4) is 5.75 Å². The van der Waals surface area contributed by atoms with Crippen molar-refractivity contribution in [1.29, 1.82) is 0 Å². The number of carbonyl (C=O) groups is 3. The number of rotatable bonds is 7. The Bertz CT molecular complexity index is 1230. The molecule has 2 aromatic carbocycles. The van der Waals surface area contributed by atoms with E-state index >= 15 is 0 Å². The van der Waals surface area contributed by atoms with E-state index in [0.29, 0.717) is 24.4 Å². The molecule has 1 atom stereocenters. The van der Waals surface area contributed by atoms with Crippen LogP contribution in [0.4, 0.5) is 5.69 Å². The lowest BCUT2D eigenvalue weighted by Crippen LogP contribution is -2.53. The topological polar surface area (TPSA) is 79.0 Å². The van der Waals surface area contributed by atoms with Crippen molar-refractivity contribution in [2.45, 2.75) is 87.4 Å². The lowest BCUT2D eigenvalue weighted by Gasteiger charge is -2.39. The van der Waals surface area contributed by atoms with Crippen molar-refractivity contribution in [3.05, 3.63) is 57.6 Å². The third-order valence-electron chi connectivity index (χ3n) is 7.19. The maximum absolute atomic E-state index is 13.7. The molecule has 0 saturated carbocycles. The molecule has 2 aromatic rings. The van der Waals surface area contributed by atoms with E-state index in [1.54, 1.807) is 4.90 Å². The van der Waals surface area contributed by atoms with E-state index in [1.807, 2.05) is 47.6 Å². The van der Waals surface area contributed by atoms with Crippen LogP contribution in [0, 0.1) is 26.2 Å². The predicted octanol–water partition coefficient (Wildman–Crippen LogP) is 5.32. The van der Waals surface area contributed by atoms with Crippen LogP contribution in [-0.2, 0) is 33.9 Å². The van der Waals surface area contributed by atoms with Crippen molar-refractivity contribution in [2.24, 2.45) is 5.41 Å². The van der Waals surface area contributed by atoms with Crippen LogP contribution < -0.4 is 10.1 Å². The molecule has 7 nitrogen and oxygen atoms in total. The van der Waals surface area contributed by atoms with E-state index in [1.165, 1.54) is 12.5 Å². The largest absolute Gasteiger partial charge is 0.426 e. The van der Waals surface area contributed by atoms with E-state index in [2.05, 4.69) is 42.4 Å². The summed E-state index contributed by atoms with van der Waals surface area (Å²) in [4.78, 5) is 42.9. The molecule has 0 saturated heterocycles. The highest BCUT2D eigenvalue weighted by Gasteiger charge is 2.39. The summed E-state index contributed by atoms with van der Waals surface area (Å²) < 4.78 is 5.40. The second-order valence-corrected chi connectivity index (χ2v) is 11.6. The van der Waals surface area contributed by atoms with E-state index in [4.69, 9.17) is 4.74 Å². The molecule has 1 heterocycles. The monoisotopic (exact) mass is 521 g/mol. The van der Waals surface area contributed by atoms with Gasteiger partial charge in [0.15, 0.2) is 0 Å². The molecule has 0 aliphatic carbocycles. The minimum atomic E-state index is -0.629. The first-order valence-electron chi connectivity index (χ1n) is 13.4. The fraction of sp³-hybridized carbons (Fsp3) is 0.516. The van der Waals surface area contributed by atoms with Gasteiger partial charge in [0.05, 0.1) is 0 Å². The van der Waals surface area contributed by atoms with Crippen molar-refractivity contribution in [2.75, 3.05) is 18.9 Å². The van der Waals surface area contributed by atoms with Crippen LogP contribution in [0.5, 0.6) is 5.75 Å². The molecule has 0 spiro atoms. The van der Waals surface area contributed by atoms with Gasteiger partial charge in [-0.15, -0.1) is 0 Å². The van der Waals surface area contributed by atoms with Crippen molar-refractivity contribution in [1.82, 2.24) is 9.80 Å². The molecule has 0 fully saturated rings. The first-order chi connectivity index (χ1) is 17.7. The molecule has 3 rings (SSSR count). The Kier molecular flexibility index (Phi) is 9.03. The van der Waals surface area contributed by atoms with Gasteiger partial charge in [0, 0.05) is 37.5 Å². The number of esters is 1. The SMILES string of the molecule is CCCN(C)Cc1ccc2c(c1)CN(C(=O)C(C)(C)C)[C@H](C(=O)Nc1cc(C)c(OC(C)=O)c(C)c1C)C2. The Labute approximate surface area is 227 Å². The van der Waals surface area contributed by atoms with Crippen LogP contribution in [-0.4, -0.2) is 47.2 Å². The summed E-state index contributed by atoms with van der Waals surface area (Å²) in [6.07, 6.45) is 1.55. The lowest BCUT2D eigenvalue weighted by molar-refractivity contribution is -0.146. The fourth-order valence-electron chi connectivity index (χ4n) is 5.09. The molecular weight excluding hydrogens is 478 g/mol. The van der Waals surface area contributed by atoms with Gasteiger partial charge in [-0.25, -0.2) is 0 Å². The first-order valence-corrected chi connectivity index (χ1v) is 13.4. The standard InChI is InChI=1S/C31H43N3O4/c1-10-13-33(9)17-23-11-12-24-16-27(34(18-25(24)15-23)30(37)31(6,7)8)29(36)32-26-14-19(2)28(38-22(5)35)21(4)20(26)3/h11-12,14-15,27H,10,13,16-18H2,1-9H3,(H,32,36)/t27-/m0/s1. The number of hydrogen-bond acceptors (Lipinski definition) is 5. The van der Waals surface area contributed by atoms with Crippen LogP contribution in [0.15, 0.2) is 24.3 Å². The summed E-state index contributed by atoms with van der Waals surface area (Å²) in [5.74, 6) is -0.137. The molecule has 1 N–H and O–H groups in total. The zero-order chi connectivity index (χ0) is 28.4. The number of nitrogens with one attached hydrogen (secondary N) is 1. The van der Waals surface area contributed by atoms with Crippen LogP contribution in [0.25, 0.3) is 0 Å². The van der Waals surface area contributed by atoms with Gasteiger partial charge in [-0.2, -0.15) is 0 Å². The predicted molar refractivity (Wildman–Crippen MR) is 151 cm³/mol. The maximum atomic E-state index is 13.7. The van der Waals surface area contributed by atoms with Gasteiger partial charge in [-0.3, -0.25) is 14.4 Å². The van der Waals surface area contributed by atoms with Crippen LogP contribution in [0.3, 0.4) is 0 Å². The van der Waals surface area contributed by atoms with E-state index in [0.717, 1.165) is 47.3 Å². The molecule has 1 aliphatic heterocycles. The highest BCUT2D eigenvalue weighted by atomic mass is 16.5. The Balaban J connectivity index is 1.93. The summed E-state index contributed by atoms with van der Waals surface area (Å²) in [6, 6.07) is 7.62. The smallest absolute Gasteiger partial charge is 0.308 e. The first kappa shape index (κ1) is 29.4. The average molecular weight is 522 g/mol. The zero-order valence-electron chi connectivity index (χ0n) is 24.4. The van der Waals surface area contributed by atoms with Gasteiger partial charge in [-0.1, -0.05) is 45.9 Å². The number of anilines is 1. The molecule has 7 heteroatoms. The second-order valence-electron chi connectivity index (χ2n) is 11.6. The number of benzene rings is 2. The molecule has 0 bridgehead atoms. The van der Waals surface area contributed by atoms with Crippen LogP contribution in [0.1, 0.15) is 74.4 Å². The van der Waals surface area contributed by atoms with E-state index in [9.17, 15) is 14.4 Å². The highest BCUT2D eigenvalue weighted by Crippen LogP contribution is 2.34. The Hall–Kier alpha value is -3.19. The Morgan fingerprint density at radius 1 is 1.08 bits per heavy atom. The summed E-state index contributed by atoms with van der Waals surface area (Å²) in [7, 11) is 2.11.